The van der Waals surface area contributed by atoms with Crippen LogP contribution in [0.5, 0.6) is 0 Å². The van der Waals surface area contributed by atoms with Crippen LogP contribution in [0.4, 0.5) is 0 Å². The molecular weight excluding hydrogens is 552 g/mol. The average Bonchev–Trinajstić information content (AvgIpc) is 3.50. The number of benzene rings is 6. The Morgan fingerprint density at radius 2 is 1.24 bits per heavy atom. The lowest BCUT2D eigenvalue weighted by molar-refractivity contribution is 0.409. The van der Waals surface area contributed by atoms with Gasteiger partial charge >= 0.3 is 0 Å². The summed E-state index contributed by atoms with van der Waals surface area (Å²) in [5.74, 6) is 0.855. The molecule has 6 aromatic carbocycles. The Hall–Kier alpha value is -5.78. The summed E-state index contributed by atoms with van der Waals surface area (Å²) in [5, 5.41) is 14.3. The molecule has 1 aliphatic heterocycles. The third kappa shape index (κ3) is 4.36. The van der Waals surface area contributed by atoms with Gasteiger partial charge in [0.05, 0.1) is 6.20 Å². The van der Waals surface area contributed by atoms with Gasteiger partial charge in [-0.1, -0.05) is 121 Å². The lowest BCUT2D eigenvalue weighted by Gasteiger charge is -2.32. The molecule has 0 aliphatic carbocycles. The third-order valence-corrected chi connectivity index (χ3v) is 8.84. The van der Waals surface area contributed by atoms with Gasteiger partial charge in [-0.15, -0.1) is 0 Å². The minimum absolute atomic E-state index is 0.121. The van der Waals surface area contributed by atoms with Crippen LogP contribution in [0.1, 0.15) is 29.0 Å². The molecule has 2 atom stereocenters. The largest absolute Gasteiger partial charge is 0.454 e. The van der Waals surface area contributed by atoms with Crippen molar-refractivity contribution in [3.8, 4) is 11.1 Å². The molecule has 3 heterocycles. The summed E-state index contributed by atoms with van der Waals surface area (Å²) < 4.78 is 6.18. The summed E-state index contributed by atoms with van der Waals surface area (Å²) in [6.07, 6.45) is 3.40. The fraction of sp³-hybridized carbons (Fsp3) is 0.0500. The number of hydrogen-bond donors (Lipinski definition) is 2. The summed E-state index contributed by atoms with van der Waals surface area (Å²) in [6.45, 7) is 0. The molecule has 9 rings (SSSR count). The monoisotopic (exact) mass is 580 g/mol. The van der Waals surface area contributed by atoms with E-state index in [0.29, 0.717) is 0 Å². The van der Waals surface area contributed by atoms with Gasteiger partial charge in [-0.25, -0.2) is 4.99 Å². The van der Waals surface area contributed by atoms with Crippen LogP contribution in [0.2, 0.25) is 0 Å². The standard InChI is InChI=1S/C40H28N4O/c1-2-11-26(12-3-1)38-42-39(28-19-18-25-10-4-5-13-27(25)22-28)44-40(43-38)32-21-20-31(29-14-6-7-15-30(29)32)34-23-41-24-36-37(34)33-16-8-9-17-35(33)45-36/h1-24,38-39,42H,(H,43,44). The minimum Gasteiger partial charge on any atom is -0.454 e. The first-order valence-electron chi connectivity index (χ1n) is 15.2. The number of amidine groups is 1. The van der Waals surface area contributed by atoms with E-state index in [-0.39, 0.29) is 12.3 Å². The molecule has 0 amide bonds. The second-order valence-electron chi connectivity index (χ2n) is 11.5. The van der Waals surface area contributed by atoms with Crippen molar-refractivity contribution in [2.45, 2.75) is 12.3 Å². The average molecular weight is 581 g/mol. The van der Waals surface area contributed by atoms with Crippen LogP contribution in [0.15, 0.2) is 155 Å². The minimum atomic E-state index is -0.232. The number of furan rings is 1. The van der Waals surface area contributed by atoms with Crippen molar-refractivity contribution in [1.82, 2.24) is 15.6 Å². The fourth-order valence-corrected chi connectivity index (χ4v) is 6.68. The number of rotatable bonds is 4. The number of pyridine rings is 1. The van der Waals surface area contributed by atoms with Crippen molar-refractivity contribution < 1.29 is 4.42 Å². The number of hydrogen-bond acceptors (Lipinski definition) is 5. The predicted molar refractivity (Wildman–Crippen MR) is 183 cm³/mol. The summed E-state index contributed by atoms with van der Waals surface area (Å²) in [7, 11) is 0. The molecule has 0 bridgehead atoms. The number of aromatic nitrogens is 1. The quantitative estimate of drug-likeness (QED) is 0.218. The molecule has 0 fully saturated rings. The lowest BCUT2D eigenvalue weighted by atomic mass is 9.93. The Bertz CT molecular complexity index is 2410. The SMILES string of the molecule is c1ccc(C2NC(c3ccc(-c4cncc5oc6ccccc6c45)c4ccccc34)=NC(c3ccc4ccccc4c3)N2)cc1. The Morgan fingerprint density at radius 3 is 2.11 bits per heavy atom. The van der Waals surface area contributed by atoms with Crippen LogP contribution in [-0.4, -0.2) is 10.8 Å². The van der Waals surface area contributed by atoms with E-state index < -0.39 is 0 Å². The number of nitrogens with one attached hydrogen (secondary N) is 2. The highest BCUT2D eigenvalue weighted by Crippen LogP contribution is 2.40. The summed E-state index contributed by atoms with van der Waals surface area (Å²) >= 11 is 0. The summed E-state index contributed by atoms with van der Waals surface area (Å²) in [4.78, 5) is 9.88. The number of fused-ring (bicyclic) bond motifs is 5. The van der Waals surface area contributed by atoms with Gasteiger partial charge in [0.15, 0.2) is 5.58 Å². The maximum absolute atomic E-state index is 6.18. The van der Waals surface area contributed by atoms with E-state index in [0.717, 1.165) is 66.4 Å². The predicted octanol–water partition coefficient (Wildman–Crippen LogP) is 9.29. The van der Waals surface area contributed by atoms with E-state index in [1.165, 1.54) is 10.8 Å². The highest BCUT2D eigenvalue weighted by atomic mass is 16.3. The number of nitrogens with zero attached hydrogens (tertiary/aromatic N) is 2. The van der Waals surface area contributed by atoms with E-state index in [9.17, 15) is 0 Å². The zero-order valence-corrected chi connectivity index (χ0v) is 24.3. The second kappa shape index (κ2) is 10.4. The zero-order chi connectivity index (χ0) is 29.7. The van der Waals surface area contributed by atoms with Crippen LogP contribution in [0.25, 0.3) is 54.6 Å². The molecule has 5 nitrogen and oxygen atoms in total. The lowest BCUT2D eigenvalue weighted by Crippen LogP contribution is -2.45. The fourth-order valence-electron chi connectivity index (χ4n) is 6.68. The Balaban J connectivity index is 1.22. The molecular formula is C40H28N4O. The van der Waals surface area contributed by atoms with Gasteiger partial charge < -0.3 is 9.73 Å². The highest BCUT2D eigenvalue weighted by Gasteiger charge is 2.27. The first-order valence-corrected chi connectivity index (χ1v) is 15.2. The van der Waals surface area contributed by atoms with Gasteiger partial charge in [0.2, 0.25) is 0 Å². The molecule has 8 aromatic rings. The van der Waals surface area contributed by atoms with E-state index in [4.69, 9.17) is 9.41 Å². The van der Waals surface area contributed by atoms with E-state index in [1.54, 1.807) is 6.20 Å². The number of para-hydroxylation sites is 1. The Kier molecular flexibility index (Phi) is 5.96. The summed E-state index contributed by atoms with van der Waals surface area (Å²) in [6, 6.07) is 46.7. The molecule has 45 heavy (non-hydrogen) atoms. The maximum atomic E-state index is 6.18. The molecule has 5 heteroatoms. The highest BCUT2D eigenvalue weighted by molar-refractivity contribution is 6.18. The van der Waals surface area contributed by atoms with Gasteiger partial charge in [0, 0.05) is 28.1 Å². The maximum Gasteiger partial charge on any atom is 0.154 e. The van der Waals surface area contributed by atoms with Crippen molar-refractivity contribution in [1.29, 1.82) is 0 Å². The van der Waals surface area contributed by atoms with Crippen LogP contribution in [-0.2, 0) is 0 Å². The van der Waals surface area contributed by atoms with Crippen molar-refractivity contribution in [3.05, 3.63) is 163 Å². The van der Waals surface area contributed by atoms with Crippen molar-refractivity contribution in [3.63, 3.8) is 0 Å². The molecule has 2 unspecified atom stereocenters. The van der Waals surface area contributed by atoms with Crippen LogP contribution in [0.3, 0.4) is 0 Å². The van der Waals surface area contributed by atoms with E-state index >= 15 is 0 Å². The molecule has 2 N–H and O–H groups in total. The van der Waals surface area contributed by atoms with E-state index in [2.05, 4.69) is 131 Å². The van der Waals surface area contributed by atoms with Gasteiger partial charge in [0.1, 0.15) is 23.8 Å². The van der Waals surface area contributed by atoms with Gasteiger partial charge in [-0.05, 0) is 50.4 Å². The van der Waals surface area contributed by atoms with Crippen molar-refractivity contribution in [2.24, 2.45) is 4.99 Å². The molecule has 0 saturated heterocycles. The third-order valence-electron chi connectivity index (χ3n) is 8.84. The summed E-state index contributed by atoms with van der Waals surface area (Å²) in [5.41, 5.74) is 7.15. The molecule has 0 spiro atoms. The van der Waals surface area contributed by atoms with Gasteiger partial charge in [-0.2, -0.15) is 0 Å². The van der Waals surface area contributed by atoms with Gasteiger partial charge in [-0.3, -0.25) is 10.3 Å². The smallest absolute Gasteiger partial charge is 0.154 e. The zero-order valence-electron chi connectivity index (χ0n) is 24.3. The van der Waals surface area contributed by atoms with Crippen LogP contribution >= 0.6 is 0 Å². The van der Waals surface area contributed by atoms with Crippen molar-refractivity contribution >= 4 is 49.3 Å². The van der Waals surface area contributed by atoms with Crippen LogP contribution < -0.4 is 10.6 Å². The topological polar surface area (TPSA) is 62.5 Å². The van der Waals surface area contributed by atoms with Crippen LogP contribution in [0, 0.1) is 0 Å². The first-order chi connectivity index (χ1) is 22.3. The van der Waals surface area contributed by atoms with Gasteiger partial charge in [0.25, 0.3) is 0 Å². The second-order valence-corrected chi connectivity index (χ2v) is 11.5. The van der Waals surface area contributed by atoms with Crippen molar-refractivity contribution in [2.75, 3.05) is 0 Å². The normalized spacial score (nSPS) is 16.7. The molecule has 0 saturated carbocycles. The molecule has 0 radical (unpaired) electrons. The molecule has 214 valence electrons. The van der Waals surface area contributed by atoms with E-state index in [1.807, 2.05) is 24.4 Å². The first kappa shape index (κ1) is 25.7. The Morgan fingerprint density at radius 1 is 0.533 bits per heavy atom. The molecule has 2 aromatic heterocycles. The number of aliphatic imine (C=N–C) groups is 1. The molecule has 1 aliphatic rings. The Labute approximate surface area is 259 Å².